The Kier molecular flexibility index (Phi) is 4.34. The van der Waals surface area contributed by atoms with E-state index in [2.05, 4.69) is 11.4 Å². The first-order chi connectivity index (χ1) is 10.7. The van der Waals surface area contributed by atoms with Gasteiger partial charge >= 0.3 is 0 Å². The highest BCUT2D eigenvalue weighted by Gasteiger charge is 2.31. The summed E-state index contributed by atoms with van der Waals surface area (Å²) < 4.78 is 10.5. The fraction of sp³-hybridized carbons (Fsp3) is 0.353. The molecule has 1 aromatic carbocycles. The number of rotatable bonds is 4. The van der Waals surface area contributed by atoms with E-state index in [1.54, 1.807) is 43.8 Å². The van der Waals surface area contributed by atoms with E-state index in [1.807, 2.05) is 11.0 Å². The van der Waals surface area contributed by atoms with Crippen LogP contribution in [-0.4, -0.2) is 31.6 Å². The van der Waals surface area contributed by atoms with Crippen molar-refractivity contribution >= 4 is 17.2 Å². The lowest BCUT2D eigenvalue weighted by Gasteiger charge is -2.24. The Labute approximate surface area is 134 Å². The molecule has 0 N–H and O–H groups in total. The Morgan fingerprint density at radius 1 is 1.23 bits per heavy atom. The van der Waals surface area contributed by atoms with Crippen molar-refractivity contribution in [2.45, 2.75) is 18.9 Å². The van der Waals surface area contributed by atoms with Crippen LogP contribution in [0.15, 0.2) is 35.7 Å². The van der Waals surface area contributed by atoms with Crippen molar-refractivity contribution in [2.24, 2.45) is 0 Å². The van der Waals surface area contributed by atoms with Crippen molar-refractivity contribution in [1.82, 2.24) is 4.90 Å². The summed E-state index contributed by atoms with van der Waals surface area (Å²) in [5, 5.41) is 2.06. The van der Waals surface area contributed by atoms with Crippen LogP contribution in [0.3, 0.4) is 0 Å². The third-order valence-electron chi connectivity index (χ3n) is 4.02. The highest BCUT2D eigenvalue weighted by molar-refractivity contribution is 7.10. The minimum Gasteiger partial charge on any atom is -0.493 e. The number of hydrogen-bond donors (Lipinski definition) is 0. The number of thiophene rings is 1. The number of carbonyl (C=O) groups excluding carboxylic acids is 1. The Balaban J connectivity index is 1.87. The van der Waals surface area contributed by atoms with Crippen LogP contribution in [-0.2, 0) is 0 Å². The molecule has 1 unspecified atom stereocenters. The van der Waals surface area contributed by atoms with Gasteiger partial charge in [-0.05, 0) is 42.5 Å². The average molecular weight is 317 g/mol. The summed E-state index contributed by atoms with van der Waals surface area (Å²) >= 11 is 1.71. The molecule has 1 aliphatic heterocycles. The van der Waals surface area contributed by atoms with Crippen LogP contribution in [0.25, 0.3) is 0 Å². The number of methoxy groups -OCH3 is 2. The van der Waals surface area contributed by atoms with Crippen LogP contribution >= 0.6 is 11.3 Å². The van der Waals surface area contributed by atoms with Crippen LogP contribution in [0.1, 0.15) is 34.1 Å². The second-order valence-electron chi connectivity index (χ2n) is 5.24. The zero-order chi connectivity index (χ0) is 15.5. The van der Waals surface area contributed by atoms with Gasteiger partial charge in [0.1, 0.15) is 0 Å². The molecule has 0 radical (unpaired) electrons. The maximum atomic E-state index is 12.9. The summed E-state index contributed by atoms with van der Waals surface area (Å²) in [6, 6.07) is 9.67. The smallest absolute Gasteiger partial charge is 0.254 e. The fourth-order valence-electron chi connectivity index (χ4n) is 2.92. The van der Waals surface area contributed by atoms with E-state index in [4.69, 9.17) is 9.47 Å². The van der Waals surface area contributed by atoms with E-state index in [-0.39, 0.29) is 11.9 Å². The molecular weight excluding hydrogens is 298 g/mol. The van der Waals surface area contributed by atoms with Gasteiger partial charge in [0.25, 0.3) is 5.91 Å². The van der Waals surface area contributed by atoms with E-state index < -0.39 is 0 Å². The zero-order valence-electron chi connectivity index (χ0n) is 12.7. The van der Waals surface area contributed by atoms with E-state index >= 15 is 0 Å². The van der Waals surface area contributed by atoms with Crippen molar-refractivity contribution in [2.75, 3.05) is 20.8 Å². The molecule has 22 heavy (non-hydrogen) atoms. The van der Waals surface area contributed by atoms with Gasteiger partial charge in [-0.1, -0.05) is 6.07 Å². The number of benzene rings is 1. The number of amides is 1. The minimum absolute atomic E-state index is 0.0526. The summed E-state index contributed by atoms with van der Waals surface area (Å²) in [6.07, 6.45) is 2.07. The molecule has 1 aliphatic rings. The summed E-state index contributed by atoms with van der Waals surface area (Å²) in [4.78, 5) is 16.1. The van der Waals surface area contributed by atoms with Gasteiger partial charge in [0.2, 0.25) is 0 Å². The zero-order valence-corrected chi connectivity index (χ0v) is 13.6. The highest BCUT2D eigenvalue weighted by Crippen LogP contribution is 2.36. The molecule has 1 fully saturated rings. The minimum atomic E-state index is 0.0526. The van der Waals surface area contributed by atoms with Gasteiger partial charge in [0.05, 0.1) is 20.3 Å². The largest absolute Gasteiger partial charge is 0.493 e. The summed E-state index contributed by atoms with van der Waals surface area (Å²) in [7, 11) is 3.17. The maximum absolute atomic E-state index is 12.9. The standard InChI is InChI=1S/C17H19NO3S/c1-20-14-8-7-12(11-15(14)21-2)17(19)18-9-3-5-13(18)16-6-4-10-22-16/h4,6-8,10-11,13H,3,5,9H2,1-2H3. The number of nitrogens with zero attached hydrogens (tertiary/aromatic N) is 1. The lowest BCUT2D eigenvalue weighted by molar-refractivity contribution is 0.0737. The first-order valence-corrected chi connectivity index (χ1v) is 8.19. The molecule has 2 aromatic rings. The second kappa shape index (κ2) is 6.40. The van der Waals surface area contributed by atoms with E-state index in [0.29, 0.717) is 17.1 Å². The quantitative estimate of drug-likeness (QED) is 0.862. The Hall–Kier alpha value is -2.01. The first kappa shape index (κ1) is 14.9. The third-order valence-corrected chi connectivity index (χ3v) is 4.99. The topological polar surface area (TPSA) is 38.8 Å². The molecule has 0 saturated carbocycles. The summed E-state index contributed by atoms with van der Waals surface area (Å²) in [5.41, 5.74) is 0.640. The van der Waals surface area contributed by atoms with Crippen molar-refractivity contribution < 1.29 is 14.3 Å². The van der Waals surface area contributed by atoms with Crippen LogP contribution in [0.2, 0.25) is 0 Å². The summed E-state index contributed by atoms with van der Waals surface area (Å²) in [5.74, 6) is 1.27. The van der Waals surface area contributed by atoms with Gasteiger partial charge in [-0.25, -0.2) is 0 Å². The van der Waals surface area contributed by atoms with E-state index in [9.17, 15) is 4.79 Å². The molecule has 1 saturated heterocycles. The lowest BCUT2D eigenvalue weighted by Crippen LogP contribution is -2.30. The molecule has 1 aromatic heterocycles. The predicted molar refractivity (Wildman–Crippen MR) is 86.9 cm³/mol. The number of hydrogen-bond acceptors (Lipinski definition) is 4. The fourth-order valence-corrected chi connectivity index (χ4v) is 3.80. The van der Waals surface area contributed by atoms with E-state index in [1.165, 1.54) is 4.88 Å². The van der Waals surface area contributed by atoms with Crippen LogP contribution in [0.4, 0.5) is 0 Å². The molecule has 0 aliphatic carbocycles. The predicted octanol–water partition coefficient (Wildman–Crippen LogP) is 3.74. The normalized spacial score (nSPS) is 17.5. The molecule has 0 spiro atoms. The van der Waals surface area contributed by atoms with Gasteiger partial charge in [-0.15, -0.1) is 11.3 Å². The molecule has 4 nitrogen and oxygen atoms in total. The van der Waals surface area contributed by atoms with E-state index in [0.717, 1.165) is 19.4 Å². The lowest BCUT2D eigenvalue weighted by atomic mass is 10.1. The van der Waals surface area contributed by atoms with Gasteiger partial charge in [0.15, 0.2) is 11.5 Å². The monoisotopic (exact) mass is 317 g/mol. The molecule has 116 valence electrons. The third kappa shape index (κ3) is 2.68. The maximum Gasteiger partial charge on any atom is 0.254 e. The number of ether oxygens (including phenoxy) is 2. The molecular formula is C17H19NO3S. The Bertz CT molecular complexity index is 654. The van der Waals surface area contributed by atoms with Gasteiger partial charge < -0.3 is 14.4 Å². The van der Waals surface area contributed by atoms with Crippen LogP contribution in [0, 0.1) is 0 Å². The molecule has 0 bridgehead atoms. The van der Waals surface area contributed by atoms with Crippen molar-refractivity contribution in [3.63, 3.8) is 0 Å². The summed E-state index contributed by atoms with van der Waals surface area (Å²) in [6.45, 7) is 0.801. The molecule has 3 rings (SSSR count). The average Bonchev–Trinajstić information content (AvgIpc) is 3.23. The number of likely N-dealkylation sites (tertiary alicyclic amines) is 1. The number of carbonyl (C=O) groups is 1. The molecule has 1 amide bonds. The van der Waals surface area contributed by atoms with Gasteiger partial charge in [0, 0.05) is 17.0 Å². The van der Waals surface area contributed by atoms with Crippen LogP contribution in [0.5, 0.6) is 11.5 Å². The second-order valence-corrected chi connectivity index (χ2v) is 6.22. The Morgan fingerprint density at radius 3 is 2.73 bits per heavy atom. The van der Waals surface area contributed by atoms with Crippen molar-refractivity contribution in [3.8, 4) is 11.5 Å². The molecule has 2 heterocycles. The van der Waals surface area contributed by atoms with Gasteiger partial charge in [-0.2, -0.15) is 0 Å². The van der Waals surface area contributed by atoms with Gasteiger partial charge in [-0.3, -0.25) is 4.79 Å². The van der Waals surface area contributed by atoms with Crippen molar-refractivity contribution in [1.29, 1.82) is 0 Å². The van der Waals surface area contributed by atoms with Crippen molar-refractivity contribution in [3.05, 3.63) is 46.2 Å². The highest BCUT2D eigenvalue weighted by atomic mass is 32.1. The molecule has 1 atom stereocenters. The SMILES string of the molecule is COc1ccc(C(=O)N2CCCC2c2cccs2)cc1OC. The van der Waals surface area contributed by atoms with Crippen LogP contribution < -0.4 is 9.47 Å². The first-order valence-electron chi connectivity index (χ1n) is 7.31. The molecule has 5 heteroatoms. The Morgan fingerprint density at radius 2 is 2.05 bits per heavy atom.